The molecule has 1 heterocycles. The molecule has 5 heteroatoms. The predicted octanol–water partition coefficient (Wildman–Crippen LogP) is 3.58. The lowest BCUT2D eigenvalue weighted by atomic mass is 10.1. The Morgan fingerprint density at radius 2 is 2.22 bits per heavy atom. The van der Waals surface area contributed by atoms with E-state index >= 15 is 0 Å². The minimum absolute atomic E-state index is 0.00849. The number of rotatable bonds is 3. The molecule has 0 unspecified atom stereocenters. The third kappa shape index (κ3) is 2.91. The molecular weight excluding hydrogens is 312 g/mol. The van der Waals surface area contributed by atoms with Gasteiger partial charge >= 0.3 is 0 Å². The number of carbonyl (C=O) groups is 1. The first-order chi connectivity index (χ1) is 8.58. The van der Waals surface area contributed by atoms with Gasteiger partial charge in [0.2, 0.25) is 0 Å². The third-order valence-electron chi connectivity index (χ3n) is 2.55. The zero-order valence-electron chi connectivity index (χ0n) is 9.81. The van der Waals surface area contributed by atoms with E-state index in [1.807, 2.05) is 24.4 Å². The molecule has 2 aromatic rings. The molecule has 94 valence electrons. The van der Waals surface area contributed by atoms with E-state index in [2.05, 4.69) is 21.2 Å². The van der Waals surface area contributed by atoms with Crippen LogP contribution in [0.15, 0.2) is 40.2 Å². The van der Waals surface area contributed by atoms with Crippen LogP contribution in [-0.4, -0.2) is 5.91 Å². The van der Waals surface area contributed by atoms with Crippen LogP contribution in [-0.2, 0) is 0 Å². The minimum Gasteiger partial charge on any atom is -0.399 e. The summed E-state index contributed by atoms with van der Waals surface area (Å²) in [5, 5.41) is 4.95. The quantitative estimate of drug-likeness (QED) is 0.848. The van der Waals surface area contributed by atoms with E-state index in [1.165, 1.54) is 0 Å². The number of halogens is 1. The van der Waals surface area contributed by atoms with Crippen molar-refractivity contribution in [3.8, 4) is 0 Å². The molecule has 3 N–H and O–H groups in total. The van der Waals surface area contributed by atoms with E-state index in [0.717, 1.165) is 9.35 Å². The minimum atomic E-state index is -0.130. The van der Waals surface area contributed by atoms with Crippen molar-refractivity contribution in [3.05, 3.63) is 50.6 Å². The average Bonchev–Trinajstić information content (AvgIpc) is 2.85. The second-order valence-electron chi connectivity index (χ2n) is 3.95. The molecule has 3 nitrogen and oxygen atoms in total. The van der Waals surface area contributed by atoms with Crippen LogP contribution in [0.5, 0.6) is 0 Å². The largest absolute Gasteiger partial charge is 0.399 e. The molecule has 1 amide bonds. The molecule has 0 aliphatic carbocycles. The van der Waals surface area contributed by atoms with Gasteiger partial charge in [0.05, 0.1) is 11.6 Å². The van der Waals surface area contributed by atoms with Gasteiger partial charge in [0.25, 0.3) is 5.91 Å². The number of carbonyl (C=O) groups excluding carboxylic acids is 1. The molecule has 0 saturated carbocycles. The van der Waals surface area contributed by atoms with Crippen molar-refractivity contribution in [1.29, 1.82) is 0 Å². The van der Waals surface area contributed by atoms with Gasteiger partial charge in [0.1, 0.15) is 0 Å². The summed E-state index contributed by atoms with van der Waals surface area (Å²) in [6, 6.07) is 9.17. The van der Waals surface area contributed by atoms with Crippen LogP contribution in [0.4, 0.5) is 5.69 Å². The summed E-state index contributed by atoms with van der Waals surface area (Å²) in [6.45, 7) is 1.96. The van der Waals surface area contributed by atoms with Crippen LogP contribution in [0.1, 0.15) is 28.2 Å². The normalized spacial score (nSPS) is 12.1. The Balaban J connectivity index is 2.15. The maximum Gasteiger partial charge on any atom is 0.253 e. The summed E-state index contributed by atoms with van der Waals surface area (Å²) in [4.78, 5) is 13.3. The van der Waals surface area contributed by atoms with Crippen molar-refractivity contribution in [2.45, 2.75) is 13.0 Å². The summed E-state index contributed by atoms with van der Waals surface area (Å²) in [7, 11) is 0. The second-order valence-corrected chi connectivity index (χ2v) is 5.78. The first-order valence-corrected chi connectivity index (χ1v) is 7.14. The van der Waals surface area contributed by atoms with Gasteiger partial charge in [-0.1, -0.05) is 6.07 Å². The van der Waals surface area contributed by atoms with E-state index in [-0.39, 0.29) is 11.9 Å². The zero-order valence-corrected chi connectivity index (χ0v) is 12.2. The van der Waals surface area contributed by atoms with Crippen molar-refractivity contribution < 1.29 is 4.79 Å². The number of nitrogen functional groups attached to an aromatic ring is 1. The Bertz CT molecular complexity index is 554. The highest BCUT2D eigenvalue weighted by Crippen LogP contribution is 2.22. The van der Waals surface area contributed by atoms with Crippen LogP contribution in [0.3, 0.4) is 0 Å². The van der Waals surface area contributed by atoms with Crippen LogP contribution >= 0.6 is 27.3 Å². The van der Waals surface area contributed by atoms with Gasteiger partial charge in [-0.25, -0.2) is 0 Å². The highest BCUT2D eigenvalue weighted by Gasteiger charge is 2.14. The van der Waals surface area contributed by atoms with E-state index < -0.39 is 0 Å². The van der Waals surface area contributed by atoms with Gasteiger partial charge in [-0.2, -0.15) is 0 Å². The van der Waals surface area contributed by atoms with Gasteiger partial charge in [0.15, 0.2) is 0 Å². The summed E-state index contributed by atoms with van der Waals surface area (Å²) in [5.41, 5.74) is 6.82. The lowest BCUT2D eigenvalue weighted by Crippen LogP contribution is -2.26. The molecule has 1 aromatic heterocycles. The molecule has 0 spiro atoms. The van der Waals surface area contributed by atoms with Crippen LogP contribution in [0, 0.1) is 0 Å². The lowest BCUT2D eigenvalue weighted by Gasteiger charge is -2.13. The fraction of sp³-hybridized carbons (Fsp3) is 0.154. The molecule has 0 aliphatic rings. The molecule has 2 rings (SSSR count). The van der Waals surface area contributed by atoms with Gasteiger partial charge in [0, 0.05) is 15.0 Å². The van der Waals surface area contributed by atoms with E-state index in [0.29, 0.717) is 11.3 Å². The molecule has 0 aliphatic heterocycles. The molecular formula is C13H13BrN2OS. The van der Waals surface area contributed by atoms with Gasteiger partial charge < -0.3 is 11.1 Å². The van der Waals surface area contributed by atoms with E-state index in [9.17, 15) is 4.79 Å². The summed E-state index contributed by atoms with van der Waals surface area (Å²) >= 11 is 4.98. The number of hydrogen-bond acceptors (Lipinski definition) is 3. The smallest absolute Gasteiger partial charge is 0.253 e. The predicted molar refractivity (Wildman–Crippen MR) is 78.8 cm³/mol. The van der Waals surface area contributed by atoms with Crippen LogP contribution in [0.25, 0.3) is 0 Å². The molecule has 18 heavy (non-hydrogen) atoms. The maximum atomic E-state index is 12.1. The first kappa shape index (κ1) is 13.1. The number of anilines is 1. The molecule has 0 bridgehead atoms. The van der Waals surface area contributed by atoms with Crippen molar-refractivity contribution in [2.75, 3.05) is 5.73 Å². The van der Waals surface area contributed by atoms with Gasteiger partial charge in [-0.15, -0.1) is 11.3 Å². The number of thiophene rings is 1. The van der Waals surface area contributed by atoms with Crippen LogP contribution < -0.4 is 11.1 Å². The number of benzene rings is 1. The highest BCUT2D eigenvalue weighted by atomic mass is 79.9. The summed E-state index contributed by atoms with van der Waals surface area (Å²) in [6.07, 6.45) is 0. The first-order valence-electron chi connectivity index (χ1n) is 5.47. The van der Waals surface area contributed by atoms with E-state index in [4.69, 9.17) is 5.73 Å². The Labute approximate surface area is 118 Å². The Kier molecular flexibility index (Phi) is 4.04. The average molecular weight is 325 g/mol. The maximum absolute atomic E-state index is 12.1. The number of nitrogens with one attached hydrogen (secondary N) is 1. The van der Waals surface area contributed by atoms with Crippen molar-refractivity contribution >= 4 is 38.9 Å². The Morgan fingerprint density at radius 3 is 2.89 bits per heavy atom. The molecule has 1 atom stereocenters. The number of nitrogens with two attached hydrogens (primary N) is 1. The third-order valence-corrected chi connectivity index (χ3v) is 4.30. The van der Waals surface area contributed by atoms with E-state index in [1.54, 1.807) is 29.5 Å². The summed E-state index contributed by atoms with van der Waals surface area (Å²) < 4.78 is 0.743. The van der Waals surface area contributed by atoms with Crippen LogP contribution in [0.2, 0.25) is 0 Å². The topological polar surface area (TPSA) is 55.1 Å². The Hall–Kier alpha value is -1.33. The van der Waals surface area contributed by atoms with Crippen molar-refractivity contribution in [2.24, 2.45) is 0 Å². The second kappa shape index (κ2) is 5.54. The molecule has 1 aromatic carbocycles. The van der Waals surface area contributed by atoms with Crippen molar-refractivity contribution in [3.63, 3.8) is 0 Å². The zero-order chi connectivity index (χ0) is 13.1. The molecule has 0 radical (unpaired) electrons. The van der Waals surface area contributed by atoms with Gasteiger partial charge in [-0.05, 0) is 52.5 Å². The van der Waals surface area contributed by atoms with Crippen molar-refractivity contribution in [1.82, 2.24) is 5.32 Å². The standard InChI is InChI=1S/C13H13BrN2OS/c1-8(12-3-2-6-18-12)16-13(17)10-7-9(15)4-5-11(10)14/h2-8H,15H2,1H3,(H,16,17)/t8-/m0/s1. The molecule has 0 saturated heterocycles. The SMILES string of the molecule is C[C@H](NC(=O)c1cc(N)ccc1Br)c1cccs1. The number of hydrogen-bond donors (Lipinski definition) is 2. The number of amides is 1. The summed E-state index contributed by atoms with van der Waals surface area (Å²) in [5.74, 6) is -0.130. The van der Waals surface area contributed by atoms with Gasteiger partial charge in [-0.3, -0.25) is 4.79 Å². The fourth-order valence-electron chi connectivity index (χ4n) is 1.60. The lowest BCUT2D eigenvalue weighted by molar-refractivity contribution is 0.0940. The monoisotopic (exact) mass is 324 g/mol. The Morgan fingerprint density at radius 1 is 1.44 bits per heavy atom. The molecule has 0 fully saturated rings. The highest BCUT2D eigenvalue weighted by molar-refractivity contribution is 9.10. The fourth-order valence-corrected chi connectivity index (χ4v) is 2.76.